The molecule has 0 saturated carbocycles. The van der Waals surface area contributed by atoms with Crippen LogP contribution in [0.2, 0.25) is 10.0 Å². The number of rotatable bonds is 6. The first-order valence-electron chi connectivity index (χ1n) is 8.43. The van der Waals surface area contributed by atoms with Crippen LogP contribution in [0, 0.1) is 11.8 Å². The molecular weight excluding hydrogens is 439 g/mol. The molecule has 0 unspecified atom stereocenters. The molecule has 0 radical (unpaired) electrons. The fraction of sp³-hybridized carbons (Fsp3) is 0.0556. The first-order chi connectivity index (χ1) is 14.5. The van der Waals surface area contributed by atoms with Crippen molar-refractivity contribution < 1.29 is 13.5 Å². The number of anilines is 1. The molecule has 0 fully saturated rings. The Morgan fingerprint density at radius 3 is 2.63 bits per heavy atom. The standard InChI is InChI=1S/C18H11Cl2F2N7O/c19-14-11(21)5-6-12(15(14)20)29-18(26-27-28-29)25-9-10-3-1-8-24-17(10)30-13-4-2-7-23-16(13)22/h1-8H,9H2,(H,25,26,28). The summed E-state index contributed by atoms with van der Waals surface area (Å²) in [4.78, 5) is 7.68. The summed E-state index contributed by atoms with van der Waals surface area (Å²) in [5.41, 5.74) is 0.884. The lowest BCUT2D eigenvalue weighted by atomic mass is 10.2. The normalized spacial score (nSPS) is 10.8. The lowest BCUT2D eigenvalue weighted by molar-refractivity contribution is 0.412. The summed E-state index contributed by atoms with van der Waals surface area (Å²) in [5.74, 6) is -1.09. The highest BCUT2D eigenvalue weighted by atomic mass is 35.5. The molecule has 1 N–H and O–H groups in total. The first kappa shape index (κ1) is 19.9. The van der Waals surface area contributed by atoms with E-state index in [1.807, 2.05) is 0 Å². The molecule has 4 rings (SSSR count). The SMILES string of the molecule is Fc1ccc(-n2nnnc2NCc2cccnc2Oc2cccnc2F)c(Cl)c1Cl. The van der Waals surface area contributed by atoms with Crippen molar-refractivity contribution in [1.29, 1.82) is 0 Å². The van der Waals surface area contributed by atoms with E-state index in [0.29, 0.717) is 5.56 Å². The minimum absolute atomic E-state index is 0.0375. The Balaban J connectivity index is 1.57. The molecule has 12 heteroatoms. The van der Waals surface area contributed by atoms with Crippen LogP contribution in [0.4, 0.5) is 14.7 Å². The maximum Gasteiger partial charge on any atom is 0.255 e. The molecule has 152 valence electrons. The van der Waals surface area contributed by atoms with Gasteiger partial charge in [0.15, 0.2) is 5.75 Å². The van der Waals surface area contributed by atoms with Gasteiger partial charge in [0, 0.05) is 24.5 Å². The zero-order valence-electron chi connectivity index (χ0n) is 14.9. The van der Waals surface area contributed by atoms with Crippen molar-refractivity contribution in [3.8, 4) is 17.3 Å². The van der Waals surface area contributed by atoms with Gasteiger partial charge in [0.05, 0.1) is 15.7 Å². The monoisotopic (exact) mass is 449 g/mol. The molecule has 4 aromatic rings. The number of nitrogens with zero attached hydrogens (tertiary/aromatic N) is 6. The number of aromatic nitrogens is 6. The van der Waals surface area contributed by atoms with Gasteiger partial charge in [-0.25, -0.2) is 14.4 Å². The van der Waals surface area contributed by atoms with Gasteiger partial charge >= 0.3 is 0 Å². The van der Waals surface area contributed by atoms with E-state index in [4.69, 9.17) is 27.9 Å². The average molecular weight is 450 g/mol. The fourth-order valence-corrected chi connectivity index (χ4v) is 2.91. The van der Waals surface area contributed by atoms with E-state index in [-0.39, 0.29) is 39.9 Å². The van der Waals surface area contributed by atoms with E-state index < -0.39 is 11.8 Å². The third-order valence-electron chi connectivity index (χ3n) is 3.93. The lowest BCUT2D eigenvalue weighted by Gasteiger charge is -2.12. The average Bonchev–Trinajstić information content (AvgIpc) is 3.21. The third-order valence-corrected chi connectivity index (χ3v) is 4.78. The zero-order chi connectivity index (χ0) is 21.1. The van der Waals surface area contributed by atoms with Crippen molar-refractivity contribution in [3.05, 3.63) is 76.2 Å². The van der Waals surface area contributed by atoms with Crippen molar-refractivity contribution in [2.75, 3.05) is 5.32 Å². The Bertz CT molecular complexity index is 1200. The van der Waals surface area contributed by atoms with Crippen molar-refractivity contribution in [2.24, 2.45) is 0 Å². The van der Waals surface area contributed by atoms with Crippen LogP contribution >= 0.6 is 23.2 Å². The number of ether oxygens (including phenoxy) is 1. The summed E-state index contributed by atoms with van der Waals surface area (Å²) in [6, 6.07) is 8.97. The van der Waals surface area contributed by atoms with Gasteiger partial charge in [-0.3, -0.25) is 0 Å². The second kappa shape index (κ2) is 8.56. The van der Waals surface area contributed by atoms with E-state index >= 15 is 0 Å². The van der Waals surface area contributed by atoms with Crippen LogP contribution in [0.5, 0.6) is 11.6 Å². The molecule has 0 atom stereocenters. The largest absolute Gasteiger partial charge is 0.434 e. The summed E-state index contributed by atoms with van der Waals surface area (Å²) >= 11 is 12.0. The van der Waals surface area contributed by atoms with Gasteiger partial charge in [-0.15, -0.1) is 0 Å². The van der Waals surface area contributed by atoms with Crippen LogP contribution in [0.25, 0.3) is 5.69 Å². The molecule has 8 nitrogen and oxygen atoms in total. The number of nitrogens with one attached hydrogen (secondary N) is 1. The summed E-state index contributed by atoms with van der Waals surface area (Å²) in [6.07, 6.45) is 2.83. The van der Waals surface area contributed by atoms with Crippen LogP contribution in [-0.2, 0) is 6.54 Å². The molecule has 0 aliphatic rings. The Hall–Kier alpha value is -3.37. The predicted molar refractivity (Wildman–Crippen MR) is 105 cm³/mol. The van der Waals surface area contributed by atoms with Crippen molar-refractivity contribution in [1.82, 2.24) is 30.2 Å². The van der Waals surface area contributed by atoms with Crippen LogP contribution in [0.3, 0.4) is 0 Å². The molecule has 0 bridgehead atoms. The number of pyridine rings is 2. The molecule has 30 heavy (non-hydrogen) atoms. The summed E-state index contributed by atoms with van der Waals surface area (Å²) in [7, 11) is 0. The van der Waals surface area contributed by atoms with Crippen LogP contribution < -0.4 is 10.1 Å². The second-order valence-electron chi connectivity index (χ2n) is 5.82. The molecule has 1 aromatic carbocycles. The van der Waals surface area contributed by atoms with Gasteiger partial charge in [-0.05, 0) is 40.8 Å². The molecule has 0 aliphatic heterocycles. The predicted octanol–water partition coefficient (Wildman–Crippen LogP) is 4.44. The van der Waals surface area contributed by atoms with Gasteiger partial charge in [-0.2, -0.15) is 9.07 Å². The highest BCUT2D eigenvalue weighted by Gasteiger charge is 2.17. The maximum absolute atomic E-state index is 13.8. The fourth-order valence-electron chi connectivity index (χ4n) is 2.52. The Morgan fingerprint density at radius 1 is 1.00 bits per heavy atom. The van der Waals surface area contributed by atoms with Crippen LogP contribution in [0.1, 0.15) is 5.56 Å². The molecule has 0 spiro atoms. The van der Waals surface area contributed by atoms with E-state index in [1.54, 1.807) is 18.2 Å². The molecular formula is C18H11Cl2F2N7O. The molecule has 0 saturated heterocycles. The maximum atomic E-state index is 13.8. The minimum Gasteiger partial charge on any atom is -0.434 e. The van der Waals surface area contributed by atoms with Gasteiger partial charge < -0.3 is 10.1 Å². The molecule has 3 aromatic heterocycles. The highest BCUT2D eigenvalue weighted by molar-refractivity contribution is 6.43. The van der Waals surface area contributed by atoms with Crippen LogP contribution in [0.15, 0.2) is 48.8 Å². The van der Waals surface area contributed by atoms with Gasteiger partial charge in [-0.1, -0.05) is 34.4 Å². The van der Waals surface area contributed by atoms with E-state index in [9.17, 15) is 8.78 Å². The Labute approximate surface area is 178 Å². The van der Waals surface area contributed by atoms with Gasteiger partial charge in [0.2, 0.25) is 11.8 Å². The second-order valence-corrected chi connectivity index (χ2v) is 6.58. The van der Waals surface area contributed by atoms with Crippen LogP contribution in [-0.4, -0.2) is 30.2 Å². The number of benzene rings is 1. The van der Waals surface area contributed by atoms with Crippen molar-refractivity contribution >= 4 is 29.2 Å². The number of hydrogen-bond donors (Lipinski definition) is 1. The number of tetrazole rings is 1. The summed E-state index contributed by atoms with van der Waals surface area (Å²) in [6.45, 7) is 0.179. The highest BCUT2D eigenvalue weighted by Crippen LogP contribution is 2.32. The van der Waals surface area contributed by atoms with E-state index in [2.05, 4.69) is 30.8 Å². The lowest BCUT2D eigenvalue weighted by Crippen LogP contribution is -2.09. The smallest absolute Gasteiger partial charge is 0.255 e. The van der Waals surface area contributed by atoms with Crippen molar-refractivity contribution in [2.45, 2.75) is 6.54 Å². The topological polar surface area (TPSA) is 90.6 Å². The molecule has 0 aliphatic carbocycles. The quantitative estimate of drug-likeness (QED) is 0.343. The number of halogens is 4. The first-order valence-corrected chi connectivity index (χ1v) is 9.18. The molecule has 0 amide bonds. The Kier molecular flexibility index (Phi) is 5.68. The third kappa shape index (κ3) is 4.00. The Morgan fingerprint density at radius 2 is 1.80 bits per heavy atom. The number of hydrogen-bond acceptors (Lipinski definition) is 7. The minimum atomic E-state index is -0.756. The van der Waals surface area contributed by atoms with Gasteiger partial charge in [0.25, 0.3) is 5.95 Å². The summed E-state index contributed by atoms with van der Waals surface area (Å²) < 4.78 is 34.2. The summed E-state index contributed by atoms with van der Waals surface area (Å²) in [5, 5.41) is 14.1. The zero-order valence-corrected chi connectivity index (χ0v) is 16.4. The van der Waals surface area contributed by atoms with Crippen molar-refractivity contribution in [3.63, 3.8) is 0 Å². The molecule has 3 heterocycles. The van der Waals surface area contributed by atoms with Gasteiger partial charge in [0.1, 0.15) is 5.82 Å². The van der Waals surface area contributed by atoms with E-state index in [1.165, 1.54) is 29.2 Å². The van der Waals surface area contributed by atoms with E-state index in [0.717, 1.165) is 6.07 Å².